The van der Waals surface area contributed by atoms with Crippen LogP contribution in [-0.4, -0.2) is 79.4 Å². The van der Waals surface area contributed by atoms with Crippen LogP contribution in [0.4, 0.5) is 0 Å². The number of fused-ring (bicyclic) bond motifs is 1. The van der Waals surface area contributed by atoms with E-state index in [4.69, 9.17) is 23.7 Å². The normalized spacial score (nSPS) is 30.9. The Morgan fingerprint density at radius 1 is 1.03 bits per heavy atom. The van der Waals surface area contributed by atoms with Crippen molar-refractivity contribution < 1.29 is 48.3 Å². The summed E-state index contributed by atoms with van der Waals surface area (Å²) in [7, 11) is 0. The van der Waals surface area contributed by atoms with E-state index in [1.165, 1.54) is 0 Å². The summed E-state index contributed by atoms with van der Waals surface area (Å²) in [5, 5.41) is 18.6. The molecule has 0 aliphatic carbocycles. The number of rotatable bonds is 12. The number of carbonyl (C=O) groups excluding carboxylic acids is 1. The smallest absolute Gasteiger partial charge is 0.306 e. The highest BCUT2D eigenvalue weighted by Crippen LogP contribution is 2.32. The van der Waals surface area contributed by atoms with Gasteiger partial charge in [-0.2, -0.15) is 0 Å². The van der Waals surface area contributed by atoms with E-state index >= 15 is 0 Å². The van der Waals surface area contributed by atoms with Crippen molar-refractivity contribution in [2.75, 3.05) is 26.4 Å². The summed E-state index contributed by atoms with van der Waals surface area (Å²) in [6.07, 6.45) is -0.109. The van der Waals surface area contributed by atoms with Crippen LogP contribution < -0.4 is 0 Å². The van der Waals surface area contributed by atoms with Gasteiger partial charge in [-0.3, -0.25) is 4.79 Å². The van der Waals surface area contributed by atoms with E-state index in [0.717, 1.165) is 19.3 Å². The number of esters is 1. The molecule has 6 atom stereocenters. The van der Waals surface area contributed by atoms with Gasteiger partial charge in [0.15, 0.2) is 12.4 Å². The molecule has 0 bridgehead atoms. The van der Waals surface area contributed by atoms with Crippen LogP contribution in [0.5, 0.6) is 0 Å². The highest BCUT2D eigenvalue weighted by atomic mass is 17.0. The van der Waals surface area contributed by atoms with Crippen molar-refractivity contribution in [3.63, 3.8) is 0 Å². The Morgan fingerprint density at radius 2 is 1.77 bits per heavy atom. The predicted molar refractivity (Wildman–Crippen MR) is 96.5 cm³/mol. The van der Waals surface area contributed by atoms with Crippen LogP contribution in [0.25, 0.3) is 0 Å². The Kier molecular flexibility index (Phi) is 8.57. The Morgan fingerprint density at radius 3 is 2.45 bits per heavy atom. The quantitative estimate of drug-likeness (QED) is 0.230. The van der Waals surface area contributed by atoms with Crippen LogP contribution in [0.3, 0.4) is 0 Å². The van der Waals surface area contributed by atoms with Gasteiger partial charge in [-0.05, 0) is 32.1 Å². The highest BCUT2D eigenvalue weighted by molar-refractivity contribution is 5.69. The van der Waals surface area contributed by atoms with Gasteiger partial charge in [-0.25, -0.2) is 0 Å². The molecule has 3 fully saturated rings. The number of ether oxygens (including phenoxy) is 5. The molecule has 0 saturated carbocycles. The molecule has 0 N–H and O–H groups in total. The summed E-state index contributed by atoms with van der Waals surface area (Å²) in [5.41, 5.74) is 0. The maximum absolute atomic E-state index is 12.2. The summed E-state index contributed by atoms with van der Waals surface area (Å²) in [6.45, 7) is 0.554. The molecule has 31 heavy (non-hydrogen) atoms. The molecule has 0 radical (unpaired) electrons. The zero-order valence-electron chi connectivity index (χ0n) is 16.8. The van der Waals surface area contributed by atoms with E-state index in [9.17, 15) is 25.0 Å². The number of hydrogen-bond acceptors (Lipinski definition) is 12. The van der Waals surface area contributed by atoms with Crippen LogP contribution in [0, 0.1) is 20.2 Å². The standard InChI is InChI=1S/C17H26N2O12/c20-14(5-3-4-11(31-19(23)24)8-28-18(21)22)29-12-9-26-17-13(10-27-16(12)17)30-15-6-1-2-7-25-15/h11-13,15-17H,1-10H2/t11?,12-,13-,15?,16-,17-/m0/s1. The lowest BCUT2D eigenvalue weighted by atomic mass is 10.1. The second kappa shape index (κ2) is 11.4. The van der Waals surface area contributed by atoms with E-state index in [1.54, 1.807) is 0 Å². The minimum atomic E-state index is -1.16. The van der Waals surface area contributed by atoms with E-state index in [-0.39, 0.29) is 44.4 Å². The average molecular weight is 450 g/mol. The highest BCUT2D eigenvalue weighted by Gasteiger charge is 2.50. The molecule has 0 aromatic carbocycles. The molecule has 3 saturated heterocycles. The third-order valence-electron chi connectivity index (χ3n) is 5.22. The fourth-order valence-electron chi connectivity index (χ4n) is 3.79. The van der Waals surface area contributed by atoms with Gasteiger partial charge in [-0.15, -0.1) is 20.2 Å². The minimum absolute atomic E-state index is 0.00490. The molecule has 2 unspecified atom stereocenters. The van der Waals surface area contributed by atoms with E-state index in [0.29, 0.717) is 13.2 Å². The summed E-state index contributed by atoms with van der Waals surface area (Å²) in [6, 6.07) is 0. The lowest BCUT2D eigenvalue weighted by Gasteiger charge is -2.27. The molecule has 14 heteroatoms. The van der Waals surface area contributed by atoms with Gasteiger partial charge in [0, 0.05) is 13.0 Å². The van der Waals surface area contributed by atoms with Gasteiger partial charge >= 0.3 is 5.97 Å². The lowest BCUT2D eigenvalue weighted by molar-refractivity contribution is -0.790. The van der Waals surface area contributed by atoms with Gasteiger partial charge in [0.05, 0.1) is 13.2 Å². The lowest BCUT2D eigenvalue weighted by Crippen LogP contribution is -2.38. The zero-order chi connectivity index (χ0) is 22.2. The van der Waals surface area contributed by atoms with Crippen LogP contribution in [0.1, 0.15) is 38.5 Å². The maximum atomic E-state index is 12.2. The van der Waals surface area contributed by atoms with Crippen molar-refractivity contribution in [2.24, 2.45) is 0 Å². The molecule has 0 aromatic rings. The third kappa shape index (κ3) is 7.12. The molecule has 3 rings (SSSR count). The SMILES string of the molecule is O=C(CCCC(CO[N+](=O)[O-])O[N+](=O)[O-])O[C@H]1CO[C@@H]2[C@H]1OC[C@@H]2OC1CCCCO1. The number of nitrogens with zero attached hydrogens (tertiary/aromatic N) is 2. The summed E-state index contributed by atoms with van der Waals surface area (Å²) in [4.78, 5) is 41.3. The Balaban J connectivity index is 1.37. The van der Waals surface area contributed by atoms with Gasteiger partial charge in [0.1, 0.15) is 31.0 Å². The van der Waals surface area contributed by atoms with Gasteiger partial charge in [0.2, 0.25) is 0 Å². The maximum Gasteiger partial charge on any atom is 0.306 e. The average Bonchev–Trinajstić information content (AvgIpc) is 3.30. The summed E-state index contributed by atoms with van der Waals surface area (Å²) in [5.74, 6) is -0.534. The molecule has 176 valence electrons. The largest absolute Gasteiger partial charge is 0.457 e. The van der Waals surface area contributed by atoms with Crippen LogP contribution in [0.15, 0.2) is 0 Å². The monoisotopic (exact) mass is 450 g/mol. The fourth-order valence-corrected chi connectivity index (χ4v) is 3.79. The van der Waals surface area contributed by atoms with Gasteiger partial charge < -0.3 is 33.4 Å². The van der Waals surface area contributed by atoms with Crippen LogP contribution in [0.2, 0.25) is 0 Å². The van der Waals surface area contributed by atoms with Crippen molar-refractivity contribution in [1.82, 2.24) is 0 Å². The minimum Gasteiger partial charge on any atom is -0.457 e. The van der Waals surface area contributed by atoms with Crippen molar-refractivity contribution in [1.29, 1.82) is 0 Å². The Bertz CT molecular complexity index is 628. The molecule has 14 nitrogen and oxygen atoms in total. The molecule has 0 aromatic heterocycles. The first-order chi connectivity index (χ1) is 14.9. The number of hydrogen-bond donors (Lipinski definition) is 0. The van der Waals surface area contributed by atoms with Crippen molar-refractivity contribution >= 4 is 5.97 Å². The zero-order valence-corrected chi connectivity index (χ0v) is 16.8. The molecular weight excluding hydrogens is 424 g/mol. The Hall–Kier alpha value is -2.29. The first-order valence-corrected chi connectivity index (χ1v) is 10.2. The van der Waals surface area contributed by atoms with E-state index < -0.39 is 41.1 Å². The molecule has 3 aliphatic heterocycles. The molecule has 3 heterocycles. The van der Waals surface area contributed by atoms with Gasteiger partial charge in [0.25, 0.3) is 10.2 Å². The van der Waals surface area contributed by atoms with E-state index in [2.05, 4.69) is 9.68 Å². The van der Waals surface area contributed by atoms with Crippen LogP contribution >= 0.6 is 0 Å². The topological polar surface area (TPSA) is 168 Å². The van der Waals surface area contributed by atoms with Crippen molar-refractivity contribution in [2.45, 2.75) is 75.3 Å². The summed E-state index contributed by atoms with van der Waals surface area (Å²) < 4.78 is 28.4. The van der Waals surface area contributed by atoms with Crippen molar-refractivity contribution in [3.8, 4) is 0 Å². The third-order valence-corrected chi connectivity index (χ3v) is 5.22. The predicted octanol–water partition coefficient (Wildman–Crippen LogP) is 0.563. The number of carbonyl (C=O) groups is 1. The van der Waals surface area contributed by atoms with E-state index in [1.807, 2.05) is 0 Å². The second-order valence-corrected chi connectivity index (χ2v) is 7.46. The van der Waals surface area contributed by atoms with Crippen LogP contribution in [-0.2, 0) is 38.2 Å². The Labute approximate surface area is 177 Å². The fraction of sp³-hybridized carbons (Fsp3) is 0.941. The molecule has 0 amide bonds. The summed E-state index contributed by atoms with van der Waals surface area (Å²) >= 11 is 0. The molecular formula is C17H26N2O12. The first-order valence-electron chi connectivity index (χ1n) is 10.2. The molecule has 3 aliphatic rings. The van der Waals surface area contributed by atoms with Crippen molar-refractivity contribution in [3.05, 3.63) is 20.2 Å². The molecule has 0 spiro atoms. The first kappa shape index (κ1) is 23.4. The second-order valence-electron chi connectivity index (χ2n) is 7.46. The van der Waals surface area contributed by atoms with Gasteiger partial charge in [-0.1, -0.05) is 0 Å².